The smallest absolute Gasteiger partial charge is 0.151 e. The van der Waals surface area contributed by atoms with E-state index < -0.39 is 9.84 Å². The molecule has 0 unspecified atom stereocenters. The number of nitrogen functional groups attached to an aromatic ring is 1. The molecule has 15 heavy (non-hydrogen) atoms. The number of hydrogen-bond acceptors (Lipinski definition) is 4. The van der Waals surface area contributed by atoms with Crippen LogP contribution in [0.25, 0.3) is 0 Å². The Kier molecular flexibility index (Phi) is 3.71. The molecule has 0 saturated heterocycles. The molecule has 1 aromatic rings. The first-order chi connectivity index (χ1) is 6.92. The third kappa shape index (κ3) is 3.89. The van der Waals surface area contributed by atoms with Gasteiger partial charge < -0.3 is 11.5 Å². The first kappa shape index (κ1) is 12.0. The molecule has 0 bridgehead atoms. The number of hydrogen-bond donors (Lipinski definition) is 2. The molecule has 0 spiro atoms. The second-order valence-electron chi connectivity index (χ2n) is 3.64. The standard InChI is InChI=1S/C10H16N2O2S/c1-15(13,14)7-9-6-10(12)3-2-8(9)4-5-11/h2-3,6H,4-5,7,11-12H2,1H3. The van der Waals surface area contributed by atoms with Gasteiger partial charge in [0.15, 0.2) is 9.84 Å². The van der Waals surface area contributed by atoms with Crippen molar-refractivity contribution in [3.8, 4) is 0 Å². The molecule has 0 aliphatic carbocycles. The molecule has 4 N–H and O–H groups in total. The van der Waals surface area contributed by atoms with Gasteiger partial charge in [-0.3, -0.25) is 0 Å². The summed E-state index contributed by atoms with van der Waals surface area (Å²) in [5.41, 5.74) is 13.4. The maximum Gasteiger partial charge on any atom is 0.151 e. The fourth-order valence-electron chi connectivity index (χ4n) is 1.46. The van der Waals surface area contributed by atoms with Crippen molar-refractivity contribution in [2.24, 2.45) is 5.73 Å². The summed E-state index contributed by atoms with van der Waals surface area (Å²) in [7, 11) is -3.03. The van der Waals surface area contributed by atoms with E-state index >= 15 is 0 Å². The summed E-state index contributed by atoms with van der Waals surface area (Å²) in [6.07, 6.45) is 1.88. The Morgan fingerprint density at radius 3 is 2.47 bits per heavy atom. The zero-order valence-corrected chi connectivity index (χ0v) is 9.55. The Morgan fingerprint density at radius 1 is 1.27 bits per heavy atom. The molecule has 0 heterocycles. The lowest BCUT2D eigenvalue weighted by Gasteiger charge is -2.08. The normalized spacial score (nSPS) is 11.6. The minimum atomic E-state index is -3.03. The van der Waals surface area contributed by atoms with E-state index in [1.807, 2.05) is 6.07 Å². The first-order valence-corrected chi connectivity index (χ1v) is 6.73. The molecular formula is C10H16N2O2S. The van der Waals surface area contributed by atoms with E-state index in [4.69, 9.17) is 11.5 Å². The molecule has 0 aliphatic rings. The molecule has 1 rings (SSSR count). The molecule has 0 aromatic heterocycles. The van der Waals surface area contributed by atoms with Crippen LogP contribution < -0.4 is 11.5 Å². The molecule has 4 nitrogen and oxygen atoms in total. The third-order valence-electron chi connectivity index (χ3n) is 2.06. The number of nitrogens with two attached hydrogens (primary N) is 2. The molecule has 0 saturated carbocycles. The Hall–Kier alpha value is -1.07. The van der Waals surface area contributed by atoms with Crippen molar-refractivity contribution in [3.05, 3.63) is 29.3 Å². The quantitative estimate of drug-likeness (QED) is 0.726. The highest BCUT2D eigenvalue weighted by molar-refractivity contribution is 7.89. The topological polar surface area (TPSA) is 86.2 Å². The van der Waals surface area contributed by atoms with Crippen LogP contribution >= 0.6 is 0 Å². The lowest BCUT2D eigenvalue weighted by Crippen LogP contribution is -2.09. The van der Waals surface area contributed by atoms with Crippen LogP contribution in [0.4, 0.5) is 5.69 Å². The summed E-state index contributed by atoms with van der Waals surface area (Å²) in [5.74, 6) is 0.0212. The van der Waals surface area contributed by atoms with Gasteiger partial charge in [0.25, 0.3) is 0 Å². The highest BCUT2D eigenvalue weighted by atomic mass is 32.2. The maximum atomic E-state index is 11.2. The average molecular weight is 228 g/mol. The highest BCUT2D eigenvalue weighted by Gasteiger charge is 2.09. The second-order valence-corrected chi connectivity index (χ2v) is 5.78. The summed E-state index contributed by atoms with van der Waals surface area (Å²) in [4.78, 5) is 0. The molecule has 5 heteroatoms. The molecule has 84 valence electrons. The molecule has 0 atom stereocenters. The first-order valence-electron chi connectivity index (χ1n) is 4.67. The highest BCUT2D eigenvalue weighted by Crippen LogP contribution is 2.16. The average Bonchev–Trinajstić information content (AvgIpc) is 2.07. The van der Waals surface area contributed by atoms with Gasteiger partial charge in [-0.1, -0.05) is 6.07 Å². The van der Waals surface area contributed by atoms with Crippen LogP contribution in [0.1, 0.15) is 11.1 Å². The largest absolute Gasteiger partial charge is 0.399 e. The predicted molar refractivity (Wildman–Crippen MR) is 62.2 cm³/mol. The monoisotopic (exact) mass is 228 g/mol. The van der Waals surface area contributed by atoms with Crippen molar-refractivity contribution in [2.75, 3.05) is 18.5 Å². The van der Waals surface area contributed by atoms with Crippen molar-refractivity contribution in [1.29, 1.82) is 0 Å². The van der Waals surface area contributed by atoms with Gasteiger partial charge >= 0.3 is 0 Å². The Balaban J connectivity index is 3.07. The van der Waals surface area contributed by atoms with Gasteiger partial charge in [-0.05, 0) is 36.2 Å². The third-order valence-corrected chi connectivity index (χ3v) is 2.90. The second kappa shape index (κ2) is 4.63. The van der Waals surface area contributed by atoms with Crippen molar-refractivity contribution in [1.82, 2.24) is 0 Å². The van der Waals surface area contributed by atoms with Crippen LogP contribution in [0.5, 0.6) is 0 Å². The summed E-state index contributed by atoms with van der Waals surface area (Å²) < 4.78 is 22.4. The van der Waals surface area contributed by atoms with Crippen molar-refractivity contribution < 1.29 is 8.42 Å². The van der Waals surface area contributed by atoms with Crippen LogP contribution in [0, 0.1) is 0 Å². The van der Waals surface area contributed by atoms with Crippen LogP contribution in [-0.4, -0.2) is 21.2 Å². The van der Waals surface area contributed by atoms with Crippen LogP contribution in [0.2, 0.25) is 0 Å². The summed E-state index contributed by atoms with van der Waals surface area (Å²) in [6, 6.07) is 5.30. The summed E-state index contributed by atoms with van der Waals surface area (Å²) in [6.45, 7) is 0.501. The summed E-state index contributed by atoms with van der Waals surface area (Å²) in [5, 5.41) is 0. The Labute approximate surface area is 90.2 Å². The number of benzene rings is 1. The van der Waals surface area contributed by atoms with Gasteiger partial charge in [0.05, 0.1) is 5.75 Å². The van der Waals surface area contributed by atoms with Gasteiger partial charge in [0.2, 0.25) is 0 Å². The fraction of sp³-hybridized carbons (Fsp3) is 0.400. The molecule has 1 aromatic carbocycles. The number of anilines is 1. The van der Waals surface area contributed by atoms with E-state index in [9.17, 15) is 8.42 Å². The van der Waals surface area contributed by atoms with E-state index in [1.54, 1.807) is 12.1 Å². The van der Waals surface area contributed by atoms with E-state index in [2.05, 4.69) is 0 Å². The maximum absolute atomic E-state index is 11.2. The zero-order valence-electron chi connectivity index (χ0n) is 8.73. The molecule has 0 aliphatic heterocycles. The minimum absolute atomic E-state index is 0.0212. The molecular weight excluding hydrogens is 212 g/mol. The van der Waals surface area contributed by atoms with Crippen LogP contribution in [0.15, 0.2) is 18.2 Å². The van der Waals surface area contributed by atoms with E-state index in [0.717, 1.165) is 11.1 Å². The molecule has 0 amide bonds. The Morgan fingerprint density at radius 2 is 1.93 bits per heavy atom. The predicted octanol–water partition coefficient (Wildman–Crippen LogP) is 0.315. The lowest BCUT2D eigenvalue weighted by atomic mass is 10.1. The van der Waals surface area contributed by atoms with Gasteiger partial charge in [-0.15, -0.1) is 0 Å². The SMILES string of the molecule is CS(=O)(=O)Cc1cc(N)ccc1CCN. The van der Waals surface area contributed by atoms with Crippen molar-refractivity contribution >= 4 is 15.5 Å². The summed E-state index contributed by atoms with van der Waals surface area (Å²) >= 11 is 0. The van der Waals surface area contributed by atoms with Crippen LogP contribution in [0.3, 0.4) is 0 Å². The van der Waals surface area contributed by atoms with Gasteiger partial charge in [0.1, 0.15) is 0 Å². The molecule has 0 fully saturated rings. The van der Waals surface area contributed by atoms with E-state index in [-0.39, 0.29) is 5.75 Å². The lowest BCUT2D eigenvalue weighted by molar-refractivity contribution is 0.601. The zero-order chi connectivity index (χ0) is 11.5. The molecule has 0 radical (unpaired) electrons. The van der Waals surface area contributed by atoms with Crippen LogP contribution in [-0.2, 0) is 22.0 Å². The fourth-order valence-corrected chi connectivity index (χ4v) is 2.30. The van der Waals surface area contributed by atoms with E-state index in [1.165, 1.54) is 6.26 Å². The van der Waals surface area contributed by atoms with Gasteiger partial charge in [0, 0.05) is 11.9 Å². The Bertz CT molecular complexity index is 441. The minimum Gasteiger partial charge on any atom is -0.399 e. The van der Waals surface area contributed by atoms with Gasteiger partial charge in [-0.2, -0.15) is 0 Å². The van der Waals surface area contributed by atoms with E-state index in [0.29, 0.717) is 18.7 Å². The number of sulfone groups is 1. The number of rotatable bonds is 4. The van der Waals surface area contributed by atoms with Crippen molar-refractivity contribution in [2.45, 2.75) is 12.2 Å². The van der Waals surface area contributed by atoms with Gasteiger partial charge in [-0.25, -0.2) is 8.42 Å². The van der Waals surface area contributed by atoms with Crippen molar-refractivity contribution in [3.63, 3.8) is 0 Å².